The lowest BCUT2D eigenvalue weighted by molar-refractivity contribution is 0.906. The van der Waals surface area contributed by atoms with Gasteiger partial charge in [-0.2, -0.15) is 0 Å². The van der Waals surface area contributed by atoms with E-state index in [1.165, 1.54) is 11.1 Å². The number of benzene rings is 2. The maximum Gasteiger partial charge on any atom is 0.0903 e. The summed E-state index contributed by atoms with van der Waals surface area (Å²) in [6.45, 7) is 0. The van der Waals surface area contributed by atoms with Crippen molar-refractivity contribution in [1.82, 2.24) is 15.4 Å². The molecule has 0 saturated carbocycles. The second-order valence-corrected chi connectivity index (χ2v) is 4.56. The largest absolute Gasteiger partial charge is 0.262 e. The van der Waals surface area contributed by atoms with Gasteiger partial charge in [0, 0.05) is 12.8 Å². The van der Waals surface area contributed by atoms with Crippen LogP contribution in [-0.2, 0) is 12.8 Å². The Morgan fingerprint density at radius 1 is 0.737 bits per heavy atom. The molecule has 3 nitrogen and oxygen atoms in total. The Labute approximate surface area is 112 Å². The zero-order chi connectivity index (χ0) is 12.9. The van der Waals surface area contributed by atoms with Gasteiger partial charge in [-0.1, -0.05) is 65.9 Å². The first-order chi connectivity index (χ1) is 9.42. The highest BCUT2D eigenvalue weighted by molar-refractivity contribution is 5.27. The van der Waals surface area contributed by atoms with E-state index in [-0.39, 0.29) is 0 Å². The summed E-state index contributed by atoms with van der Waals surface area (Å²) in [7, 11) is 0. The number of aromatic amines is 1. The second-order valence-electron chi connectivity index (χ2n) is 4.56. The van der Waals surface area contributed by atoms with E-state index in [2.05, 4.69) is 51.8 Å². The summed E-state index contributed by atoms with van der Waals surface area (Å²) in [6, 6.07) is 20.7. The molecule has 0 amide bonds. The van der Waals surface area contributed by atoms with Crippen molar-refractivity contribution >= 4 is 0 Å². The summed E-state index contributed by atoms with van der Waals surface area (Å²) in [5.41, 5.74) is 4.64. The Bertz CT molecular complexity index is 573. The highest BCUT2D eigenvalue weighted by atomic mass is 15.3. The highest BCUT2D eigenvalue weighted by Crippen LogP contribution is 2.13. The molecule has 0 aliphatic heterocycles. The van der Waals surface area contributed by atoms with E-state index in [1.54, 1.807) is 0 Å². The van der Waals surface area contributed by atoms with Gasteiger partial charge in [-0.15, -0.1) is 5.10 Å². The zero-order valence-corrected chi connectivity index (χ0v) is 10.6. The summed E-state index contributed by atoms with van der Waals surface area (Å²) < 4.78 is 0. The number of H-pyrrole nitrogens is 1. The van der Waals surface area contributed by atoms with Crippen LogP contribution in [-0.4, -0.2) is 15.4 Å². The zero-order valence-electron chi connectivity index (χ0n) is 10.6. The Morgan fingerprint density at radius 3 is 1.95 bits per heavy atom. The molecule has 0 atom stereocenters. The van der Waals surface area contributed by atoms with Crippen LogP contribution in [0, 0.1) is 0 Å². The lowest BCUT2D eigenvalue weighted by Gasteiger charge is -2.02. The van der Waals surface area contributed by atoms with Crippen LogP contribution in [0.1, 0.15) is 22.5 Å². The maximum atomic E-state index is 4.20. The van der Waals surface area contributed by atoms with E-state index in [0.29, 0.717) is 0 Å². The standard InChI is InChI=1S/C16H15N3/c1-3-7-13(8-4-1)11-15-16(18-19-17-15)12-14-9-5-2-6-10-14/h1-10H,11-12H2,(H,17,18,19). The molecule has 3 rings (SSSR count). The average Bonchev–Trinajstić information content (AvgIpc) is 2.88. The quantitative estimate of drug-likeness (QED) is 0.772. The number of hydrogen-bond donors (Lipinski definition) is 1. The number of rotatable bonds is 4. The molecule has 0 aliphatic rings. The van der Waals surface area contributed by atoms with Crippen molar-refractivity contribution in [3.05, 3.63) is 83.2 Å². The minimum absolute atomic E-state index is 0.819. The van der Waals surface area contributed by atoms with Crippen LogP contribution >= 0.6 is 0 Å². The van der Waals surface area contributed by atoms with Crippen LogP contribution in [0.5, 0.6) is 0 Å². The predicted octanol–water partition coefficient (Wildman–Crippen LogP) is 2.99. The van der Waals surface area contributed by atoms with E-state index in [1.807, 2.05) is 24.3 Å². The normalized spacial score (nSPS) is 10.5. The van der Waals surface area contributed by atoms with Crippen molar-refractivity contribution < 1.29 is 0 Å². The molecular weight excluding hydrogens is 234 g/mol. The van der Waals surface area contributed by atoms with E-state index in [9.17, 15) is 0 Å². The van der Waals surface area contributed by atoms with Gasteiger partial charge in [0.25, 0.3) is 0 Å². The van der Waals surface area contributed by atoms with E-state index in [4.69, 9.17) is 0 Å². The third-order valence-electron chi connectivity index (χ3n) is 3.14. The maximum absolute atomic E-state index is 4.20. The van der Waals surface area contributed by atoms with Gasteiger partial charge in [-0.05, 0) is 11.1 Å². The monoisotopic (exact) mass is 249 g/mol. The first-order valence-electron chi connectivity index (χ1n) is 6.38. The molecule has 0 aliphatic carbocycles. The minimum Gasteiger partial charge on any atom is -0.262 e. The average molecular weight is 249 g/mol. The van der Waals surface area contributed by atoms with Crippen molar-refractivity contribution in [2.45, 2.75) is 12.8 Å². The van der Waals surface area contributed by atoms with Crippen LogP contribution in [0.3, 0.4) is 0 Å². The van der Waals surface area contributed by atoms with Crippen molar-refractivity contribution in [3.63, 3.8) is 0 Å². The molecule has 0 radical (unpaired) electrons. The third kappa shape index (κ3) is 2.88. The van der Waals surface area contributed by atoms with Crippen molar-refractivity contribution in [1.29, 1.82) is 0 Å². The number of nitrogens with one attached hydrogen (secondary N) is 1. The Balaban J connectivity index is 1.79. The fourth-order valence-electron chi connectivity index (χ4n) is 2.14. The van der Waals surface area contributed by atoms with Gasteiger partial charge >= 0.3 is 0 Å². The van der Waals surface area contributed by atoms with Gasteiger partial charge in [0.1, 0.15) is 0 Å². The number of hydrogen-bond acceptors (Lipinski definition) is 2. The Morgan fingerprint density at radius 2 is 1.32 bits per heavy atom. The van der Waals surface area contributed by atoms with Gasteiger partial charge < -0.3 is 0 Å². The number of nitrogens with zero attached hydrogens (tertiary/aromatic N) is 2. The third-order valence-corrected chi connectivity index (χ3v) is 3.14. The van der Waals surface area contributed by atoms with Crippen LogP contribution < -0.4 is 0 Å². The molecule has 1 aromatic heterocycles. The summed E-state index contributed by atoms with van der Waals surface area (Å²) in [5, 5.41) is 11.2. The number of aromatic nitrogens is 3. The van der Waals surface area contributed by atoms with Crippen LogP contribution in [0.2, 0.25) is 0 Å². The van der Waals surface area contributed by atoms with Gasteiger partial charge in [0.05, 0.1) is 11.4 Å². The summed E-state index contributed by atoms with van der Waals surface area (Å²) in [4.78, 5) is 0. The van der Waals surface area contributed by atoms with Crippen LogP contribution in [0.4, 0.5) is 0 Å². The highest BCUT2D eigenvalue weighted by Gasteiger charge is 2.08. The molecule has 3 aromatic rings. The predicted molar refractivity (Wildman–Crippen MR) is 74.9 cm³/mol. The minimum atomic E-state index is 0.819. The van der Waals surface area contributed by atoms with Crippen molar-refractivity contribution in [3.8, 4) is 0 Å². The van der Waals surface area contributed by atoms with Crippen molar-refractivity contribution in [2.24, 2.45) is 0 Å². The lowest BCUT2D eigenvalue weighted by Crippen LogP contribution is -1.96. The molecular formula is C16H15N3. The second kappa shape index (κ2) is 5.48. The fourth-order valence-corrected chi connectivity index (χ4v) is 2.14. The smallest absolute Gasteiger partial charge is 0.0903 e. The molecule has 0 saturated heterocycles. The molecule has 3 heteroatoms. The van der Waals surface area contributed by atoms with Crippen molar-refractivity contribution in [2.75, 3.05) is 0 Å². The van der Waals surface area contributed by atoms with Gasteiger partial charge in [0.15, 0.2) is 0 Å². The topological polar surface area (TPSA) is 41.6 Å². The van der Waals surface area contributed by atoms with E-state index in [0.717, 1.165) is 24.2 Å². The van der Waals surface area contributed by atoms with E-state index >= 15 is 0 Å². The summed E-state index contributed by atoms with van der Waals surface area (Å²) in [5.74, 6) is 0. The Hall–Kier alpha value is -2.42. The molecule has 0 unspecified atom stereocenters. The molecule has 1 N–H and O–H groups in total. The molecule has 94 valence electrons. The summed E-state index contributed by atoms with van der Waals surface area (Å²) in [6.07, 6.45) is 1.66. The molecule has 19 heavy (non-hydrogen) atoms. The molecule has 1 heterocycles. The Kier molecular flexibility index (Phi) is 3.36. The SMILES string of the molecule is c1ccc(Cc2nn[nH]c2Cc2ccccc2)cc1. The van der Waals surface area contributed by atoms with Gasteiger partial charge in [-0.25, -0.2) is 0 Å². The fraction of sp³-hybridized carbons (Fsp3) is 0.125. The molecule has 0 bridgehead atoms. The first-order valence-corrected chi connectivity index (χ1v) is 6.38. The van der Waals surface area contributed by atoms with Gasteiger partial charge in [0.2, 0.25) is 0 Å². The first kappa shape index (κ1) is 11.7. The van der Waals surface area contributed by atoms with Crippen LogP contribution in [0.25, 0.3) is 0 Å². The summed E-state index contributed by atoms with van der Waals surface area (Å²) >= 11 is 0. The lowest BCUT2D eigenvalue weighted by atomic mass is 10.0. The van der Waals surface area contributed by atoms with Gasteiger partial charge in [-0.3, -0.25) is 5.10 Å². The van der Waals surface area contributed by atoms with E-state index < -0.39 is 0 Å². The molecule has 2 aromatic carbocycles. The van der Waals surface area contributed by atoms with Crippen LogP contribution in [0.15, 0.2) is 60.7 Å². The molecule has 0 fully saturated rings. The molecule has 0 spiro atoms.